The van der Waals surface area contributed by atoms with E-state index in [2.05, 4.69) is 17.6 Å². The van der Waals surface area contributed by atoms with Crippen molar-refractivity contribution in [3.05, 3.63) is 29.8 Å². The molecule has 1 aromatic rings. The van der Waals surface area contributed by atoms with Crippen molar-refractivity contribution in [2.24, 2.45) is 5.92 Å². The highest BCUT2D eigenvalue weighted by molar-refractivity contribution is 5.89. The third-order valence-corrected chi connectivity index (χ3v) is 4.35. The van der Waals surface area contributed by atoms with Gasteiger partial charge >= 0.3 is 6.03 Å². The first kappa shape index (κ1) is 15.8. The highest BCUT2D eigenvalue weighted by Crippen LogP contribution is 2.26. The van der Waals surface area contributed by atoms with E-state index in [4.69, 9.17) is 0 Å². The van der Waals surface area contributed by atoms with Gasteiger partial charge in [0.05, 0.1) is 6.10 Å². The number of nitrogens with one attached hydrogen (secondary N) is 2. The summed E-state index contributed by atoms with van der Waals surface area (Å²) in [6.07, 6.45) is 5.36. The van der Waals surface area contributed by atoms with Crippen LogP contribution < -0.4 is 10.6 Å². The molecular formula is C17H26N2O2. The third-order valence-electron chi connectivity index (χ3n) is 4.35. The smallest absolute Gasteiger partial charge is 0.319 e. The number of anilines is 1. The van der Waals surface area contributed by atoms with Gasteiger partial charge in [-0.25, -0.2) is 4.79 Å². The molecule has 0 saturated heterocycles. The van der Waals surface area contributed by atoms with E-state index < -0.39 is 6.10 Å². The van der Waals surface area contributed by atoms with E-state index in [9.17, 15) is 9.90 Å². The van der Waals surface area contributed by atoms with Gasteiger partial charge in [-0.3, -0.25) is 0 Å². The summed E-state index contributed by atoms with van der Waals surface area (Å²) >= 11 is 0. The Morgan fingerprint density at radius 3 is 2.67 bits per heavy atom. The van der Waals surface area contributed by atoms with Crippen molar-refractivity contribution >= 4 is 11.7 Å². The number of aliphatic hydroxyl groups is 1. The number of hydrogen-bond acceptors (Lipinski definition) is 2. The summed E-state index contributed by atoms with van der Waals surface area (Å²) in [7, 11) is 0. The summed E-state index contributed by atoms with van der Waals surface area (Å²) in [5.74, 6) is 0.745. The molecule has 0 heterocycles. The van der Waals surface area contributed by atoms with Crippen molar-refractivity contribution in [1.82, 2.24) is 5.32 Å². The number of urea groups is 1. The lowest BCUT2D eigenvalue weighted by Gasteiger charge is -2.29. The zero-order valence-corrected chi connectivity index (χ0v) is 12.9. The van der Waals surface area contributed by atoms with E-state index in [1.54, 1.807) is 6.92 Å². The molecule has 1 aromatic carbocycles. The van der Waals surface area contributed by atoms with Crippen molar-refractivity contribution in [2.45, 2.75) is 58.1 Å². The standard InChI is InChI=1S/C17H26N2O2/c1-3-13-5-4-6-16(11-13)19-17(21)18-15-9-7-14(8-10-15)12(2)20/h7-10,12-13,16,20H,3-6,11H2,1-2H3,(H2,18,19,21). The van der Waals surface area contributed by atoms with Gasteiger partial charge in [-0.15, -0.1) is 0 Å². The maximum Gasteiger partial charge on any atom is 0.319 e. The van der Waals surface area contributed by atoms with Crippen LogP contribution in [0.1, 0.15) is 57.6 Å². The van der Waals surface area contributed by atoms with Crippen molar-refractivity contribution in [3.8, 4) is 0 Å². The summed E-state index contributed by atoms with van der Waals surface area (Å²) in [6, 6.07) is 7.44. The summed E-state index contributed by atoms with van der Waals surface area (Å²) in [6.45, 7) is 3.94. The highest BCUT2D eigenvalue weighted by Gasteiger charge is 2.21. The predicted octanol–water partition coefficient (Wildman–Crippen LogP) is 3.83. The average Bonchev–Trinajstić information content (AvgIpc) is 2.47. The van der Waals surface area contributed by atoms with Crippen LogP contribution in [0.4, 0.5) is 10.5 Å². The minimum absolute atomic E-state index is 0.137. The first-order chi connectivity index (χ1) is 10.1. The van der Waals surface area contributed by atoms with Crippen molar-refractivity contribution in [3.63, 3.8) is 0 Å². The van der Waals surface area contributed by atoms with E-state index in [1.807, 2.05) is 24.3 Å². The van der Waals surface area contributed by atoms with Crippen LogP contribution in [0.2, 0.25) is 0 Å². The van der Waals surface area contributed by atoms with Crippen LogP contribution in [-0.4, -0.2) is 17.2 Å². The zero-order valence-electron chi connectivity index (χ0n) is 12.9. The van der Waals surface area contributed by atoms with Crippen LogP contribution >= 0.6 is 0 Å². The number of carbonyl (C=O) groups is 1. The van der Waals surface area contributed by atoms with E-state index in [0.29, 0.717) is 6.04 Å². The van der Waals surface area contributed by atoms with E-state index in [-0.39, 0.29) is 6.03 Å². The molecule has 1 saturated carbocycles. The van der Waals surface area contributed by atoms with Crippen LogP contribution in [0.25, 0.3) is 0 Å². The molecule has 1 aliphatic rings. The van der Waals surface area contributed by atoms with E-state index >= 15 is 0 Å². The normalized spacial score (nSPS) is 23.4. The number of benzene rings is 1. The van der Waals surface area contributed by atoms with Crippen LogP contribution in [-0.2, 0) is 0 Å². The van der Waals surface area contributed by atoms with Crippen molar-refractivity contribution < 1.29 is 9.90 Å². The molecule has 3 atom stereocenters. The molecule has 1 fully saturated rings. The van der Waals surface area contributed by atoms with Crippen LogP contribution in [0.15, 0.2) is 24.3 Å². The van der Waals surface area contributed by atoms with Gasteiger partial charge in [-0.2, -0.15) is 0 Å². The Morgan fingerprint density at radius 1 is 1.33 bits per heavy atom. The molecule has 0 radical (unpaired) electrons. The maximum absolute atomic E-state index is 12.0. The third kappa shape index (κ3) is 4.74. The van der Waals surface area contributed by atoms with E-state index in [0.717, 1.165) is 30.0 Å². The molecule has 1 aliphatic carbocycles. The molecule has 2 rings (SSSR count). The number of amides is 2. The van der Waals surface area contributed by atoms with E-state index in [1.165, 1.54) is 19.3 Å². The Kier molecular flexibility index (Phi) is 5.62. The monoisotopic (exact) mass is 290 g/mol. The second-order valence-corrected chi connectivity index (χ2v) is 6.03. The van der Waals surface area contributed by atoms with Gasteiger partial charge in [0.15, 0.2) is 0 Å². The van der Waals surface area contributed by atoms with Crippen LogP contribution in [0.5, 0.6) is 0 Å². The fourth-order valence-electron chi connectivity index (χ4n) is 2.99. The zero-order chi connectivity index (χ0) is 15.2. The first-order valence-electron chi connectivity index (χ1n) is 7.94. The molecule has 0 aromatic heterocycles. The topological polar surface area (TPSA) is 61.4 Å². The summed E-state index contributed by atoms with van der Waals surface area (Å²) in [5, 5.41) is 15.4. The lowest BCUT2D eigenvalue weighted by Crippen LogP contribution is -2.40. The molecule has 3 unspecified atom stereocenters. The molecule has 0 spiro atoms. The first-order valence-corrected chi connectivity index (χ1v) is 7.94. The molecule has 3 N–H and O–H groups in total. The maximum atomic E-state index is 12.0. The highest BCUT2D eigenvalue weighted by atomic mass is 16.3. The molecule has 4 heteroatoms. The molecule has 0 aliphatic heterocycles. The Hall–Kier alpha value is -1.55. The van der Waals surface area contributed by atoms with Crippen molar-refractivity contribution in [1.29, 1.82) is 0 Å². The summed E-state index contributed by atoms with van der Waals surface area (Å²) in [5.41, 5.74) is 1.60. The predicted molar refractivity (Wildman–Crippen MR) is 85.3 cm³/mol. The molecule has 116 valence electrons. The lowest BCUT2D eigenvalue weighted by molar-refractivity contribution is 0.199. The summed E-state index contributed by atoms with van der Waals surface area (Å²) < 4.78 is 0. The Bertz CT molecular complexity index is 456. The molecule has 2 amide bonds. The Balaban J connectivity index is 1.83. The minimum Gasteiger partial charge on any atom is -0.389 e. The van der Waals surface area contributed by atoms with Crippen LogP contribution in [0, 0.1) is 5.92 Å². The fourth-order valence-corrected chi connectivity index (χ4v) is 2.99. The van der Waals surface area contributed by atoms with Crippen LogP contribution in [0.3, 0.4) is 0 Å². The van der Waals surface area contributed by atoms with Gasteiger partial charge in [0.25, 0.3) is 0 Å². The van der Waals surface area contributed by atoms with Crippen molar-refractivity contribution in [2.75, 3.05) is 5.32 Å². The van der Waals surface area contributed by atoms with Gasteiger partial charge in [-0.1, -0.05) is 38.3 Å². The minimum atomic E-state index is -0.485. The molecule has 4 nitrogen and oxygen atoms in total. The Labute approximate surface area is 126 Å². The fraction of sp³-hybridized carbons (Fsp3) is 0.588. The summed E-state index contributed by atoms with van der Waals surface area (Å²) in [4.78, 5) is 12.0. The molecular weight excluding hydrogens is 264 g/mol. The quantitative estimate of drug-likeness (QED) is 0.789. The SMILES string of the molecule is CCC1CCCC(NC(=O)Nc2ccc(C(C)O)cc2)C1. The number of rotatable bonds is 4. The average molecular weight is 290 g/mol. The molecule has 0 bridgehead atoms. The number of hydrogen-bond donors (Lipinski definition) is 3. The largest absolute Gasteiger partial charge is 0.389 e. The van der Waals surface area contributed by atoms with Gasteiger partial charge in [0.2, 0.25) is 0 Å². The Morgan fingerprint density at radius 2 is 2.05 bits per heavy atom. The van der Waals surface area contributed by atoms with Gasteiger partial charge < -0.3 is 15.7 Å². The second-order valence-electron chi connectivity index (χ2n) is 6.03. The van der Waals surface area contributed by atoms with Gasteiger partial charge in [-0.05, 0) is 43.4 Å². The second kappa shape index (κ2) is 7.46. The molecule has 21 heavy (non-hydrogen) atoms. The number of aliphatic hydroxyl groups excluding tert-OH is 1. The van der Waals surface area contributed by atoms with Gasteiger partial charge in [0, 0.05) is 11.7 Å². The number of carbonyl (C=O) groups excluding carboxylic acids is 1. The lowest BCUT2D eigenvalue weighted by atomic mass is 9.84. The van der Waals surface area contributed by atoms with Gasteiger partial charge in [0.1, 0.15) is 0 Å².